The van der Waals surface area contributed by atoms with Crippen LogP contribution in [-0.4, -0.2) is 24.4 Å². The highest BCUT2D eigenvalue weighted by Crippen LogP contribution is 2.27. The SMILES string of the molecule is COc1ccccc1CN(C)c1nnc(C)c2ccccc12. The zero-order valence-corrected chi connectivity index (χ0v) is 13.1. The summed E-state index contributed by atoms with van der Waals surface area (Å²) >= 11 is 0. The van der Waals surface area contributed by atoms with E-state index >= 15 is 0 Å². The quantitative estimate of drug-likeness (QED) is 0.737. The summed E-state index contributed by atoms with van der Waals surface area (Å²) in [5, 5.41) is 10.9. The summed E-state index contributed by atoms with van der Waals surface area (Å²) in [7, 11) is 3.72. The van der Waals surface area contributed by atoms with E-state index in [4.69, 9.17) is 4.74 Å². The van der Waals surface area contributed by atoms with Crippen LogP contribution in [0.25, 0.3) is 10.8 Å². The second kappa shape index (κ2) is 6.02. The summed E-state index contributed by atoms with van der Waals surface area (Å²) in [5.74, 6) is 1.77. The van der Waals surface area contributed by atoms with Crippen molar-refractivity contribution >= 4 is 16.6 Å². The number of benzene rings is 2. The number of rotatable bonds is 4. The maximum absolute atomic E-state index is 5.43. The molecule has 0 N–H and O–H groups in total. The van der Waals surface area contributed by atoms with Crippen molar-refractivity contribution in [2.75, 3.05) is 19.1 Å². The van der Waals surface area contributed by atoms with E-state index in [0.29, 0.717) is 6.54 Å². The molecule has 0 aliphatic rings. The molecule has 0 saturated carbocycles. The topological polar surface area (TPSA) is 38.2 Å². The highest BCUT2D eigenvalue weighted by molar-refractivity contribution is 5.93. The predicted molar refractivity (Wildman–Crippen MR) is 89.4 cm³/mol. The lowest BCUT2D eigenvalue weighted by Crippen LogP contribution is -2.19. The number of hydrogen-bond acceptors (Lipinski definition) is 4. The van der Waals surface area contributed by atoms with E-state index in [1.165, 1.54) is 0 Å². The number of aryl methyl sites for hydroxylation is 1. The number of nitrogens with zero attached hydrogens (tertiary/aromatic N) is 3. The standard InChI is InChI=1S/C18H19N3O/c1-13-15-9-5-6-10-16(15)18(20-19-13)21(2)12-14-8-4-7-11-17(14)22-3/h4-11H,12H2,1-3H3. The lowest BCUT2D eigenvalue weighted by atomic mass is 10.1. The van der Waals surface area contributed by atoms with Crippen molar-refractivity contribution < 1.29 is 4.74 Å². The maximum Gasteiger partial charge on any atom is 0.159 e. The fourth-order valence-electron chi connectivity index (χ4n) is 2.67. The fourth-order valence-corrected chi connectivity index (χ4v) is 2.67. The third-order valence-corrected chi connectivity index (χ3v) is 3.81. The molecule has 3 aromatic rings. The largest absolute Gasteiger partial charge is 0.496 e. The van der Waals surface area contributed by atoms with E-state index in [1.807, 2.05) is 44.3 Å². The average molecular weight is 293 g/mol. The second-order valence-electron chi connectivity index (χ2n) is 5.32. The van der Waals surface area contributed by atoms with Crippen molar-refractivity contribution in [2.45, 2.75) is 13.5 Å². The molecule has 0 bridgehead atoms. The number of ether oxygens (including phenoxy) is 1. The first kappa shape index (κ1) is 14.3. The molecular formula is C18H19N3O. The predicted octanol–water partition coefficient (Wildman–Crippen LogP) is 3.58. The Morgan fingerprint density at radius 2 is 1.64 bits per heavy atom. The van der Waals surface area contributed by atoms with Crippen molar-refractivity contribution in [1.82, 2.24) is 10.2 Å². The van der Waals surface area contributed by atoms with Crippen LogP contribution < -0.4 is 9.64 Å². The number of aromatic nitrogens is 2. The van der Waals surface area contributed by atoms with Gasteiger partial charge in [0, 0.05) is 29.9 Å². The van der Waals surface area contributed by atoms with Crippen LogP contribution >= 0.6 is 0 Å². The molecule has 0 atom stereocenters. The van der Waals surface area contributed by atoms with Gasteiger partial charge >= 0.3 is 0 Å². The Kier molecular flexibility index (Phi) is 3.92. The lowest BCUT2D eigenvalue weighted by Gasteiger charge is -2.21. The maximum atomic E-state index is 5.43. The second-order valence-corrected chi connectivity index (χ2v) is 5.32. The Morgan fingerprint density at radius 3 is 2.41 bits per heavy atom. The summed E-state index contributed by atoms with van der Waals surface area (Å²) < 4.78 is 5.43. The number of anilines is 1. The van der Waals surface area contributed by atoms with E-state index in [2.05, 4.69) is 33.3 Å². The van der Waals surface area contributed by atoms with Crippen LogP contribution in [0.1, 0.15) is 11.3 Å². The van der Waals surface area contributed by atoms with Crippen LogP contribution in [0.3, 0.4) is 0 Å². The zero-order valence-electron chi connectivity index (χ0n) is 13.1. The fraction of sp³-hybridized carbons (Fsp3) is 0.222. The van der Waals surface area contributed by atoms with Gasteiger partial charge in [0.05, 0.1) is 12.8 Å². The van der Waals surface area contributed by atoms with Crippen LogP contribution in [0.5, 0.6) is 5.75 Å². The normalized spacial score (nSPS) is 10.7. The van der Waals surface area contributed by atoms with Crippen LogP contribution in [0.15, 0.2) is 48.5 Å². The first-order valence-corrected chi connectivity index (χ1v) is 7.25. The van der Waals surface area contributed by atoms with Crippen molar-refractivity contribution in [2.24, 2.45) is 0 Å². The Bertz CT molecular complexity index is 801. The molecule has 0 aliphatic carbocycles. The molecule has 0 spiro atoms. The molecule has 0 unspecified atom stereocenters. The van der Waals surface area contributed by atoms with Gasteiger partial charge in [0.15, 0.2) is 5.82 Å². The van der Waals surface area contributed by atoms with Gasteiger partial charge in [-0.05, 0) is 13.0 Å². The molecule has 0 amide bonds. The summed E-state index contributed by atoms with van der Waals surface area (Å²) in [6.07, 6.45) is 0. The van der Waals surface area contributed by atoms with Gasteiger partial charge in [-0.25, -0.2) is 0 Å². The Balaban J connectivity index is 1.99. The highest BCUT2D eigenvalue weighted by Gasteiger charge is 2.12. The number of hydrogen-bond donors (Lipinski definition) is 0. The van der Waals surface area contributed by atoms with Gasteiger partial charge in [0.2, 0.25) is 0 Å². The van der Waals surface area contributed by atoms with E-state index in [0.717, 1.165) is 33.6 Å². The van der Waals surface area contributed by atoms with Gasteiger partial charge in [-0.2, -0.15) is 5.10 Å². The minimum Gasteiger partial charge on any atom is -0.496 e. The van der Waals surface area contributed by atoms with E-state index in [1.54, 1.807) is 7.11 Å². The molecule has 0 radical (unpaired) electrons. The lowest BCUT2D eigenvalue weighted by molar-refractivity contribution is 0.409. The molecule has 1 heterocycles. The third-order valence-electron chi connectivity index (χ3n) is 3.81. The van der Waals surface area contributed by atoms with Crippen LogP contribution in [-0.2, 0) is 6.54 Å². The molecule has 3 rings (SSSR count). The van der Waals surface area contributed by atoms with Crippen LogP contribution in [0, 0.1) is 6.92 Å². The number of para-hydroxylation sites is 1. The molecule has 1 aromatic heterocycles. The summed E-state index contributed by atoms with van der Waals surface area (Å²) in [6, 6.07) is 16.3. The number of fused-ring (bicyclic) bond motifs is 1. The van der Waals surface area contributed by atoms with E-state index in [-0.39, 0.29) is 0 Å². The highest BCUT2D eigenvalue weighted by atomic mass is 16.5. The van der Waals surface area contributed by atoms with Gasteiger partial charge in [0.25, 0.3) is 0 Å². The van der Waals surface area contributed by atoms with Gasteiger partial charge in [-0.3, -0.25) is 0 Å². The van der Waals surface area contributed by atoms with Gasteiger partial charge in [-0.1, -0.05) is 42.5 Å². The molecule has 22 heavy (non-hydrogen) atoms. The molecule has 112 valence electrons. The Labute approximate surface area is 130 Å². The van der Waals surface area contributed by atoms with Gasteiger partial charge < -0.3 is 9.64 Å². The monoisotopic (exact) mass is 293 g/mol. The summed E-state index contributed by atoms with van der Waals surface area (Å²) in [5.41, 5.74) is 2.07. The molecule has 0 aliphatic heterocycles. The van der Waals surface area contributed by atoms with Crippen molar-refractivity contribution in [3.8, 4) is 5.75 Å². The van der Waals surface area contributed by atoms with Gasteiger partial charge in [-0.15, -0.1) is 5.10 Å². The third kappa shape index (κ3) is 2.60. The van der Waals surface area contributed by atoms with E-state index < -0.39 is 0 Å². The summed E-state index contributed by atoms with van der Waals surface area (Å²) in [4.78, 5) is 2.10. The average Bonchev–Trinajstić information content (AvgIpc) is 2.56. The number of methoxy groups -OCH3 is 1. The Hall–Kier alpha value is -2.62. The minimum absolute atomic E-state index is 0.714. The molecule has 4 heteroatoms. The molecule has 2 aromatic carbocycles. The Morgan fingerprint density at radius 1 is 0.955 bits per heavy atom. The smallest absolute Gasteiger partial charge is 0.159 e. The summed E-state index contributed by atoms with van der Waals surface area (Å²) in [6.45, 7) is 2.70. The van der Waals surface area contributed by atoms with Crippen molar-refractivity contribution in [3.63, 3.8) is 0 Å². The molecule has 4 nitrogen and oxygen atoms in total. The first-order valence-electron chi connectivity index (χ1n) is 7.25. The van der Waals surface area contributed by atoms with Crippen molar-refractivity contribution in [1.29, 1.82) is 0 Å². The molecule has 0 fully saturated rings. The molecular weight excluding hydrogens is 274 g/mol. The van der Waals surface area contributed by atoms with Crippen LogP contribution in [0.2, 0.25) is 0 Å². The van der Waals surface area contributed by atoms with Crippen LogP contribution in [0.4, 0.5) is 5.82 Å². The minimum atomic E-state index is 0.714. The zero-order chi connectivity index (χ0) is 15.5. The first-order chi connectivity index (χ1) is 10.7. The molecule has 0 saturated heterocycles. The van der Waals surface area contributed by atoms with E-state index in [9.17, 15) is 0 Å². The van der Waals surface area contributed by atoms with Crippen molar-refractivity contribution in [3.05, 3.63) is 59.8 Å². The van der Waals surface area contributed by atoms with Gasteiger partial charge in [0.1, 0.15) is 5.75 Å².